The molecule has 2 aromatic heterocycles. The molecule has 3 aromatic carbocycles. The average Bonchev–Trinajstić information content (AvgIpc) is 3.24. The minimum atomic E-state index is -0.155. The monoisotopic (exact) mass is 439 g/mol. The van der Waals surface area contributed by atoms with E-state index < -0.39 is 0 Å². The number of thiazole rings is 1. The Labute approximate surface area is 189 Å². The van der Waals surface area contributed by atoms with E-state index in [0.717, 1.165) is 32.1 Å². The number of hydrogen-bond donors (Lipinski definition) is 0. The van der Waals surface area contributed by atoms with Gasteiger partial charge in [-0.05, 0) is 59.2 Å². The number of pyridine rings is 1. The Kier molecular flexibility index (Phi) is 5.52. The summed E-state index contributed by atoms with van der Waals surface area (Å²) in [5.74, 6) is 0.510. The van der Waals surface area contributed by atoms with E-state index in [9.17, 15) is 4.79 Å². The first-order valence-corrected chi connectivity index (χ1v) is 11.2. The molecular formula is C26H21N3O2S. The van der Waals surface area contributed by atoms with Crippen molar-refractivity contribution >= 4 is 43.4 Å². The maximum atomic E-state index is 13.3. The highest BCUT2D eigenvalue weighted by molar-refractivity contribution is 7.22. The zero-order valence-electron chi connectivity index (χ0n) is 17.6. The number of ether oxygens (including phenoxy) is 1. The molecule has 5 rings (SSSR count). The SMILES string of the molecule is Cc1ccc2nc(N(Cc3cccnc3)C(=O)COc3ccc4ccccc4c3)sc2c1. The van der Waals surface area contributed by atoms with Gasteiger partial charge in [0.1, 0.15) is 5.75 Å². The van der Waals surface area contributed by atoms with Crippen molar-refractivity contribution in [1.29, 1.82) is 0 Å². The second-order valence-corrected chi connectivity index (χ2v) is 8.62. The molecule has 5 nitrogen and oxygen atoms in total. The zero-order chi connectivity index (χ0) is 21.9. The molecule has 158 valence electrons. The number of aryl methyl sites for hydroxylation is 1. The van der Waals surface area contributed by atoms with Crippen LogP contribution in [-0.4, -0.2) is 22.5 Å². The van der Waals surface area contributed by atoms with Gasteiger partial charge < -0.3 is 4.74 Å². The van der Waals surface area contributed by atoms with Gasteiger partial charge in [0.15, 0.2) is 11.7 Å². The summed E-state index contributed by atoms with van der Waals surface area (Å²) in [5, 5.41) is 2.86. The lowest BCUT2D eigenvalue weighted by molar-refractivity contribution is -0.120. The number of benzene rings is 3. The first-order chi connectivity index (χ1) is 15.7. The number of aromatic nitrogens is 2. The highest BCUT2D eigenvalue weighted by Gasteiger charge is 2.21. The Balaban J connectivity index is 1.41. The van der Waals surface area contributed by atoms with Crippen LogP contribution >= 0.6 is 11.3 Å². The number of carbonyl (C=O) groups excluding carboxylic acids is 1. The molecule has 0 atom stereocenters. The number of nitrogens with zero attached hydrogens (tertiary/aromatic N) is 3. The molecule has 0 radical (unpaired) electrons. The summed E-state index contributed by atoms with van der Waals surface area (Å²) >= 11 is 1.51. The van der Waals surface area contributed by atoms with E-state index in [1.54, 1.807) is 17.3 Å². The van der Waals surface area contributed by atoms with Crippen LogP contribution in [0.2, 0.25) is 0 Å². The fourth-order valence-corrected chi connectivity index (χ4v) is 4.63. The van der Waals surface area contributed by atoms with Gasteiger partial charge in [0.25, 0.3) is 5.91 Å². The molecule has 0 saturated carbocycles. The van der Waals surface area contributed by atoms with E-state index in [-0.39, 0.29) is 12.5 Å². The summed E-state index contributed by atoms with van der Waals surface area (Å²) in [6.07, 6.45) is 3.49. The third-order valence-electron chi connectivity index (χ3n) is 5.21. The Morgan fingerprint density at radius 3 is 2.72 bits per heavy atom. The van der Waals surface area contributed by atoms with Crippen molar-refractivity contribution in [2.75, 3.05) is 11.5 Å². The Bertz CT molecular complexity index is 1400. The fraction of sp³-hybridized carbons (Fsp3) is 0.115. The predicted molar refractivity (Wildman–Crippen MR) is 129 cm³/mol. The maximum Gasteiger partial charge on any atom is 0.267 e. The van der Waals surface area contributed by atoms with Crippen molar-refractivity contribution in [1.82, 2.24) is 9.97 Å². The second-order valence-electron chi connectivity index (χ2n) is 7.61. The lowest BCUT2D eigenvalue weighted by atomic mass is 10.1. The Morgan fingerprint density at radius 1 is 1.00 bits per heavy atom. The summed E-state index contributed by atoms with van der Waals surface area (Å²) in [4.78, 5) is 23.9. The standard InChI is InChI=1S/C26H21N3O2S/c1-18-8-11-23-24(13-18)32-26(28-23)29(16-19-5-4-12-27-15-19)25(30)17-31-22-10-9-20-6-2-3-7-21(20)14-22/h2-15H,16-17H2,1H3. The van der Waals surface area contributed by atoms with Crippen molar-refractivity contribution in [2.24, 2.45) is 0 Å². The summed E-state index contributed by atoms with van der Waals surface area (Å²) in [7, 11) is 0. The summed E-state index contributed by atoms with van der Waals surface area (Å²) in [6.45, 7) is 2.36. The van der Waals surface area contributed by atoms with Crippen molar-refractivity contribution in [2.45, 2.75) is 13.5 Å². The molecule has 0 aliphatic heterocycles. The van der Waals surface area contributed by atoms with Gasteiger partial charge in [-0.2, -0.15) is 0 Å². The average molecular weight is 440 g/mol. The molecule has 0 bridgehead atoms. The summed E-state index contributed by atoms with van der Waals surface area (Å²) < 4.78 is 6.93. The molecule has 0 aliphatic carbocycles. The molecule has 0 saturated heterocycles. The van der Waals surface area contributed by atoms with Gasteiger partial charge in [0, 0.05) is 12.4 Å². The van der Waals surface area contributed by atoms with E-state index in [1.807, 2.05) is 60.7 Å². The normalized spacial score (nSPS) is 11.0. The largest absolute Gasteiger partial charge is 0.484 e. The number of carbonyl (C=O) groups is 1. The van der Waals surface area contributed by atoms with Crippen molar-refractivity contribution in [3.8, 4) is 5.75 Å². The first-order valence-electron chi connectivity index (χ1n) is 10.3. The van der Waals surface area contributed by atoms with Crippen LogP contribution in [0.4, 0.5) is 5.13 Å². The molecule has 0 spiro atoms. The van der Waals surface area contributed by atoms with Gasteiger partial charge in [0.2, 0.25) is 0 Å². The molecule has 32 heavy (non-hydrogen) atoms. The van der Waals surface area contributed by atoms with Gasteiger partial charge in [-0.15, -0.1) is 0 Å². The Morgan fingerprint density at radius 2 is 1.88 bits per heavy atom. The van der Waals surface area contributed by atoms with Gasteiger partial charge in [-0.25, -0.2) is 4.98 Å². The van der Waals surface area contributed by atoms with Gasteiger partial charge in [-0.3, -0.25) is 14.7 Å². The Hall–Kier alpha value is -3.77. The minimum absolute atomic E-state index is 0.0758. The zero-order valence-corrected chi connectivity index (χ0v) is 18.4. The van der Waals surface area contributed by atoms with Crippen molar-refractivity contribution in [3.63, 3.8) is 0 Å². The molecule has 0 N–H and O–H groups in total. The third kappa shape index (κ3) is 4.31. The van der Waals surface area contributed by atoms with Crippen molar-refractivity contribution < 1.29 is 9.53 Å². The third-order valence-corrected chi connectivity index (χ3v) is 6.25. The number of rotatable bonds is 6. The smallest absolute Gasteiger partial charge is 0.267 e. The maximum absolute atomic E-state index is 13.3. The summed E-state index contributed by atoms with van der Waals surface area (Å²) in [5.41, 5.74) is 2.98. The lowest BCUT2D eigenvalue weighted by Crippen LogP contribution is -2.34. The highest BCUT2D eigenvalue weighted by Crippen LogP contribution is 2.31. The molecule has 5 aromatic rings. The first kappa shape index (κ1) is 20.2. The van der Waals surface area contributed by atoms with Gasteiger partial charge in [-0.1, -0.05) is 53.8 Å². The molecule has 1 amide bonds. The number of hydrogen-bond acceptors (Lipinski definition) is 5. The number of amides is 1. The van der Waals surface area contributed by atoms with Crippen LogP contribution in [0.5, 0.6) is 5.75 Å². The van der Waals surface area contributed by atoms with Crippen molar-refractivity contribution in [3.05, 3.63) is 96.3 Å². The molecule has 6 heteroatoms. The van der Waals surface area contributed by atoms with Crippen LogP contribution in [0.3, 0.4) is 0 Å². The van der Waals surface area contributed by atoms with Crippen LogP contribution in [0.1, 0.15) is 11.1 Å². The van der Waals surface area contributed by atoms with Crippen LogP contribution in [0, 0.1) is 6.92 Å². The number of anilines is 1. The molecule has 0 aliphatic rings. The van der Waals surface area contributed by atoms with E-state index in [2.05, 4.69) is 24.0 Å². The van der Waals surface area contributed by atoms with E-state index in [0.29, 0.717) is 17.4 Å². The molecule has 0 unspecified atom stereocenters. The summed E-state index contributed by atoms with van der Waals surface area (Å²) in [6, 6.07) is 23.8. The second kappa shape index (κ2) is 8.77. The van der Waals surface area contributed by atoms with E-state index >= 15 is 0 Å². The predicted octanol–water partition coefficient (Wildman–Crippen LogP) is 5.77. The van der Waals surface area contributed by atoms with Crippen LogP contribution in [0.25, 0.3) is 21.0 Å². The van der Waals surface area contributed by atoms with Gasteiger partial charge >= 0.3 is 0 Å². The van der Waals surface area contributed by atoms with Gasteiger partial charge in [0.05, 0.1) is 16.8 Å². The van der Waals surface area contributed by atoms with Crippen LogP contribution in [0.15, 0.2) is 85.2 Å². The molecule has 0 fully saturated rings. The van der Waals surface area contributed by atoms with Crippen LogP contribution in [-0.2, 0) is 11.3 Å². The molecular weight excluding hydrogens is 418 g/mol. The van der Waals surface area contributed by atoms with E-state index in [4.69, 9.17) is 9.72 Å². The fourth-order valence-electron chi connectivity index (χ4n) is 3.55. The lowest BCUT2D eigenvalue weighted by Gasteiger charge is -2.20. The number of fused-ring (bicyclic) bond motifs is 2. The van der Waals surface area contributed by atoms with E-state index in [1.165, 1.54) is 11.3 Å². The van der Waals surface area contributed by atoms with Crippen LogP contribution < -0.4 is 9.64 Å². The topological polar surface area (TPSA) is 55.3 Å². The quantitative estimate of drug-likeness (QED) is 0.337. The molecule has 2 heterocycles. The minimum Gasteiger partial charge on any atom is -0.484 e. The highest BCUT2D eigenvalue weighted by atomic mass is 32.1.